The lowest BCUT2D eigenvalue weighted by molar-refractivity contribution is -0.122. The van der Waals surface area contributed by atoms with Gasteiger partial charge in [-0.2, -0.15) is 11.8 Å². The normalized spacial score (nSPS) is 12.6. The second-order valence-electron chi connectivity index (χ2n) is 2.65. The second kappa shape index (κ2) is 7.43. The highest BCUT2D eigenvalue weighted by atomic mass is 32.2. The van der Waals surface area contributed by atoms with Crippen LogP contribution in [-0.2, 0) is 4.79 Å². The van der Waals surface area contributed by atoms with E-state index in [2.05, 4.69) is 11.6 Å². The Kier molecular flexibility index (Phi) is 7.29. The Morgan fingerprint density at radius 3 is 2.83 bits per heavy atom. The minimum atomic E-state index is -0.334. The lowest BCUT2D eigenvalue weighted by Gasteiger charge is -2.08. The van der Waals surface area contributed by atoms with Crippen LogP contribution in [0.4, 0.5) is 0 Å². The Labute approximate surface area is 78.5 Å². The molecular weight excluding hydrogens is 172 g/mol. The molecule has 0 heterocycles. The standard InChI is InChI=1S/C8H18N2OS/c1-3-7(9)8(11)10-5-4-6-12-2/h7H,3-6,9H2,1-2H3,(H,10,11)/t7-/m0/s1. The first-order valence-corrected chi connectivity index (χ1v) is 5.64. The molecule has 3 N–H and O–H groups in total. The molecule has 4 heteroatoms. The van der Waals surface area contributed by atoms with E-state index in [0.717, 1.165) is 18.7 Å². The highest BCUT2D eigenvalue weighted by Gasteiger charge is 2.08. The largest absolute Gasteiger partial charge is 0.355 e. The molecule has 3 nitrogen and oxygen atoms in total. The highest BCUT2D eigenvalue weighted by Crippen LogP contribution is 1.93. The fraction of sp³-hybridized carbons (Fsp3) is 0.875. The van der Waals surface area contributed by atoms with E-state index >= 15 is 0 Å². The zero-order chi connectivity index (χ0) is 9.40. The van der Waals surface area contributed by atoms with Crippen molar-refractivity contribution in [1.82, 2.24) is 5.32 Å². The molecule has 72 valence electrons. The van der Waals surface area contributed by atoms with Gasteiger partial charge in [0, 0.05) is 6.54 Å². The molecule has 0 rings (SSSR count). The summed E-state index contributed by atoms with van der Waals surface area (Å²) in [5, 5.41) is 2.79. The maximum absolute atomic E-state index is 11.1. The fourth-order valence-electron chi connectivity index (χ4n) is 0.745. The predicted octanol–water partition coefficient (Wildman–Crippen LogP) is 0.593. The van der Waals surface area contributed by atoms with E-state index < -0.39 is 0 Å². The number of rotatable bonds is 6. The summed E-state index contributed by atoms with van der Waals surface area (Å²) in [7, 11) is 0. The zero-order valence-electron chi connectivity index (χ0n) is 7.80. The fourth-order valence-corrected chi connectivity index (χ4v) is 1.18. The molecule has 0 saturated heterocycles. The van der Waals surface area contributed by atoms with Crippen LogP contribution in [0, 0.1) is 0 Å². The van der Waals surface area contributed by atoms with Crippen molar-refractivity contribution in [3.8, 4) is 0 Å². The summed E-state index contributed by atoms with van der Waals surface area (Å²) < 4.78 is 0. The van der Waals surface area contributed by atoms with Crippen molar-refractivity contribution in [3.63, 3.8) is 0 Å². The average molecular weight is 190 g/mol. The van der Waals surface area contributed by atoms with E-state index in [1.165, 1.54) is 0 Å². The summed E-state index contributed by atoms with van der Waals surface area (Å²) in [6, 6.07) is -0.334. The van der Waals surface area contributed by atoms with Gasteiger partial charge in [-0.05, 0) is 24.9 Å². The van der Waals surface area contributed by atoms with Gasteiger partial charge in [0.25, 0.3) is 0 Å². The Morgan fingerprint density at radius 2 is 2.33 bits per heavy atom. The summed E-state index contributed by atoms with van der Waals surface area (Å²) in [5.41, 5.74) is 5.51. The predicted molar refractivity (Wildman–Crippen MR) is 54.3 cm³/mol. The number of carbonyl (C=O) groups is 1. The van der Waals surface area contributed by atoms with Gasteiger partial charge >= 0.3 is 0 Å². The minimum absolute atomic E-state index is 0.0291. The number of hydrogen-bond acceptors (Lipinski definition) is 3. The molecule has 0 saturated carbocycles. The van der Waals surface area contributed by atoms with Crippen molar-refractivity contribution < 1.29 is 4.79 Å². The third-order valence-corrected chi connectivity index (χ3v) is 2.30. The van der Waals surface area contributed by atoms with Gasteiger partial charge in [-0.3, -0.25) is 4.79 Å². The molecule has 0 unspecified atom stereocenters. The molecule has 1 atom stereocenters. The maximum Gasteiger partial charge on any atom is 0.236 e. The van der Waals surface area contributed by atoms with Crippen molar-refractivity contribution in [3.05, 3.63) is 0 Å². The first kappa shape index (κ1) is 11.8. The smallest absolute Gasteiger partial charge is 0.236 e. The minimum Gasteiger partial charge on any atom is -0.355 e. The van der Waals surface area contributed by atoms with Crippen LogP contribution in [0.25, 0.3) is 0 Å². The monoisotopic (exact) mass is 190 g/mol. The van der Waals surface area contributed by atoms with Crippen LogP contribution in [0.3, 0.4) is 0 Å². The molecule has 0 spiro atoms. The van der Waals surface area contributed by atoms with Crippen molar-refractivity contribution >= 4 is 17.7 Å². The molecule has 0 radical (unpaired) electrons. The number of carbonyl (C=O) groups excluding carboxylic acids is 1. The van der Waals surface area contributed by atoms with Gasteiger partial charge in [-0.25, -0.2) is 0 Å². The van der Waals surface area contributed by atoms with Gasteiger partial charge in [0.2, 0.25) is 5.91 Å². The van der Waals surface area contributed by atoms with Crippen molar-refractivity contribution in [2.24, 2.45) is 5.73 Å². The van der Waals surface area contributed by atoms with Crippen LogP contribution in [0.2, 0.25) is 0 Å². The Bertz CT molecular complexity index is 130. The molecule has 0 aromatic heterocycles. The lowest BCUT2D eigenvalue weighted by Crippen LogP contribution is -2.40. The van der Waals surface area contributed by atoms with E-state index in [1.807, 2.05) is 6.92 Å². The summed E-state index contributed by atoms with van der Waals surface area (Å²) in [6.07, 6.45) is 3.78. The Morgan fingerprint density at radius 1 is 1.67 bits per heavy atom. The number of hydrogen-bond donors (Lipinski definition) is 2. The average Bonchev–Trinajstić information content (AvgIpc) is 2.10. The van der Waals surface area contributed by atoms with Gasteiger partial charge in [0.15, 0.2) is 0 Å². The molecule has 0 aliphatic carbocycles. The number of thioether (sulfide) groups is 1. The van der Waals surface area contributed by atoms with Gasteiger partial charge in [0.1, 0.15) is 0 Å². The molecule has 12 heavy (non-hydrogen) atoms. The molecule has 1 amide bonds. The van der Waals surface area contributed by atoms with Crippen LogP contribution in [0.1, 0.15) is 19.8 Å². The van der Waals surface area contributed by atoms with E-state index in [1.54, 1.807) is 11.8 Å². The van der Waals surface area contributed by atoms with Crippen molar-refractivity contribution in [2.45, 2.75) is 25.8 Å². The third-order valence-electron chi connectivity index (χ3n) is 1.60. The topological polar surface area (TPSA) is 55.1 Å². The van der Waals surface area contributed by atoms with E-state index in [0.29, 0.717) is 6.42 Å². The second-order valence-corrected chi connectivity index (χ2v) is 3.64. The first-order chi connectivity index (χ1) is 5.72. The molecular formula is C8H18N2OS. The molecule has 0 bridgehead atoms. The highest BCUT2D eigenvalue weighted by molar-refractivity contribution is 7.98. The Balaban J connectivity index is 3.31. The summed E-state index contributed by atoms with van der Waals surface area (Å²) in [4.78, 5) is 11.1. The van der Waals surface area contributed by atoms with Crippen molar-refractivity contribution in [2.75, 3.05) is 18.6 Å². The number of nitrogens with one attached hydrogen (secondary N) is 1. The lowest BCUT2D eigenvalue weighted by atomic mass is 10.2. The van der Waals surface area contributed by atoms with Crippen LogP contribution >= 0.6 is 11.8 Å². The van der Waals surface area contributed by atoms with Crippen LogP contribution in [0.5, 0.6) is 0 Å². The van der Waals surface area contributed by atoms with Gasteiger partial charge in [-0.1, -0.05) is 6.92 Å². The molecule has 0 aliphatic heterocycles. The number of amides is 1. The zero-order valence-corrected chi connectivity index (χ0v) is 8.62. The molecule has 0 aromatic carbocycles. The van der Waals surface area contributed by atoms with Gasteiger partial charge in [-0.15, -0.1) is 0 Å². The Hall–Kier alpha value is -0.220. The molecule has 0 aliphatic rings. The van der Waals surface area contributed by atoms with Gasteiger partial charge in [0.05, 0.1) is 6.04 Å². The van der Waals surface area contributed by atoms with Crippen LogP contribution in [-0.4, -0.2) is 30.5 Å². The molecule has 0 aromatic rings. The SMILES string of the molecule is CC[C@H](N)C(=O)NCCCSC. The summed E-state index contributed by atoms with van der Waals surface area (Å²) in [5.74, 6) is 1.06. The van der Waals surface area contributed by atoms with E-state index in [9.17, 15) is 4.79 Å². The quantitative estimate of drug-likeness (QED) is 0.603. The first-order valence-electron chi connectivity index (χ1n) is 4.24. The van der Waals surface area contributed by atoms with Gasteiger partial charge < -0.3 is 11.1 Å². The van der Waals surface area contributed by atoms with E-state index in [4.69, 9.17) is 5.73 Å². The van der Waals surface area contributed by atoms with Crippen LogP contribution < -0.4 is 11.1 Å². The summed E-state index contributed by atoms with van der Waals surface area (Å²) in [6.45, 7) is 2.65. The van der Waals surface area contributed by atoms with Crippen molar-refractivity contribution in [1.29, 1.82) is 0 Å². The number of nitrogens with two attached hydrogens (primary N) is 1. The van der Waals surface area contributed by atoms with Crippen LogP contribution in [0.15, 0.2) is 0 Å². The van der Waals surface area contributed by atoms with E-state index in [-0.39, 0.29) is 11.9 Å². The third kappa shape index (κ3) is 5.43. The summed E-state index contributed by atoms with van der Waals surface area (Å²) >= 11 is 1.78. The maximum atomic E-state index is 11.1. The molecule has 0 fully saturated rings.